The van der Waals surface area contributed by atoms with Gasteiger partial charge >= 0.3 is 6.03 Å². The monoisotopic (exact) mass is 323 g/mol. The summed E-state index contributed by atoms with van der Waals surface area (Å²) < 4.78 is 0. The van der Waals surface area contributed by atoms with Crippen LogP contribution in [0.4, 0.5) is 16.2 Å². The van der Waals surface area contributed by atoms with Gasteiger partial charge in [-0.25, -0.2) is 4.79 Å². The topological polar surface area (TPSA) is 70.2 Å². The Bertz CT molecular complexity index is 758. The van der Waals surface area contributed by atoms with Crippen molar-refractivity contribution in [3.63, 3.8) is 0 Å². The maximum Gasteiger partial charge on any atom is 0.319 e. The fraction of sp³-hybridized carbons (Fsp3) is 0.263. The number of nitrogens with one attached hydrogen (secondary N) is 3. The zero-order valence-electron chi connectivity index (χ0n) is 13.6. The molecule has 24 heavy (non-hydrogen) atoms. The van der Waals surface area contributed by atoms with Crippen LogP contribution in [-0.2, 0) is 17.6 Å². The van der Waals surface area contributed by atoms with Gasteiger partial charge in [0.1, 0.15) is 0 Å². The largest absolute Gasteiger partial charge is 0.335 e. The van der Waals surface area contributed by atoms with Gasteiger partial charge in [-0.05, 0) is 48.6 Å². The number of fused-ring (bicyclic) bond motifs is 1. The molecule has 2 aromatic rings. The van der Waals surface area contributed by atoms with Gasteiger partial charge in [-0.1, -0.05) is 30.3 Å². The first kappa shape index (κ1) is 16.1. The number of carbonyl (C=O) groups is 2. The maximum absolute atomic E-state index is 12.2. The minimum Gasteiger partial charge on any atom is -0.335 e. The smallest absolute Gasteiger partial charge is 0.319 e. The number of aryl methyl sites for hydroxylation is 1. The average molecular weight is 323 g/mol. The van der Waals surface area contributed by atoms with E-state index in [1.165, 1.54) is 18.1 Å². The average Bonchev–Trinajstić information content (AvgIpc) is 2.54. The van der Waals surface area contributed by atoms with Crippen molar-refractivity contribution in [2.24, 2.45) is 0 Å². The highest BCUT2D eigenvalue weighted by molar-refractivity contribution is 5.92. The van der Waals surface area contributed by atoms with Crippen LogP contribution in [0, 0.1) is 0 Å². The van der Waals surface area contributed by atoms with Gasteiger partial charge in [0.15, 0.2) is 0 Å². The molecule has 0 fully saturated rings. The van der Waals surface area contributed by atoms with Crippen LogP contribution in [0.3, 0.4) is 0 Å². The van der Waals surface area contributed by atoms with E-state index in [1.54, 1.807) is 24.3 Å². The number of hydrogen-bond donors (Lipinski definition) is 3. The molecule has 0 heterocycles. The van der Waals surface area contributed by atoms with Crippen LogP contribution in [-0.4, -0.2) is 18.0 Å². The molecule has 0 spiro atoms. The molecule has 0 aliphatic heterocycles. The van der Waals surface area contributed by atoms with E-state index < -0.39 is 0 Å². The van der Waals surface area contributed by atoms with Crippen LogP contribution in [0.5, 0.6) is 0 Å². The molecule has 1 aliphatic carbocycles. The van der Waals surface area contributed by atoms with Crippen molar-refractivity contribution >= 4 is 23.3 Å². The Hall–Kier alpha value is -2.82. The molecule has 2 aromatic carbocycles. The Morgan fingerprint density at radius 2 is 1.67 bits per heavy atom. The van der Waals surface area contributed by atoms with Crippen LogP contribution < -0.4 is 16.0 Å². The second-order valence-corrected chi connectivity index (χ2v) is 6.07. The fourth-order valence-electron chi connectivity index (χ4n) is 3.05. The predicted molar refractivity (Wildman–Crippen MR) is 95.2 cm³/mol. The second-order valence-electron chi connectivity index (χ2n) is 6.07. The highest BCUT2D eigenvalue weighted by Crippen LogP contribution is 2.21. The van der Waals surface area contributed by atoms with Crippen LogP contribution >= 0.6 is 0 Å². The molecule has 3 amide bonds. The van der Waals surface area contributed by atoms with Gasteiger partial charge in [0, 0.05) is 24.3 Å². The van der Waals surface area contributed by atoms with Gasteiger partial charge < -0.3 is 16.0 Å². The lowest BCUT2D eigenvalue weighted by atomic mass is 9.88. The summed E-state index contributed by atoms with van der Waals surface area (Å²) in [6.07, 6.45) is 2.78. The molecule has 0 radical (unpaired) electrons. The Labute approximate surface area is 141 Å². The fourth-order valence-corrected chi connectivity index (χ4v) is 3.05. The third-order valence-corrected chi connectivity index (χ3v) is 4.12. The Kier molecular flexibility index (Phi) is 4.79. The van der Waals surface area contributed by atoms with Gasteiger partial charge in [0.25, 0.3) is 0 Å². The number of hydrogen-bond acceptors (Lipinski definition) is 2. The number of benzene rings is 2. The molecule has 1 atom stereocenters. The molecule has 0 unspecified atom stereocenters. The normalized spacial score (nSPS) is 16.0. The summed E-state index contributed by atoms with van der Waals surface area (Å²) in [5.74, 6) is -0.141. The summed E-state index contributed by atoms with van der Waals surface area (Å²) in [4.78, 5) is 23.3. The lowest BCUT2D eigenvalue weighted by Gasteiger charge is -2.25. The highest BCUT2D eigenvalue weighted by Gasteiger charge is 2.19. The van der Waals surface area contributed by atoms with Crippen molar-refractivity contribution < 1.29 is 9.59 Å². The Morgan fingerprint density at radius 1 is 0.958 bits per heavy atom. The minimum atomic E-state index is -0.223. The summed E-state index contributed by atoms with van der Waals surface area (Å²) in [6, 6.07) is 15.4. The Balaban J connectivity index is 1.57. The summed E-state index contributed by atoms with van der Waals surface area (Å²) in [6.45, 7) is 1.45. The van der Waals surface area contributed by atoms with Crippen LogP contribution in [0.15, 0.2) is 48.5 Å². The summed E-state index contributed by atoms with van der Waals surface area (Å²) in [5, 5.41) is 8.56. The Morgan fingerprint density at radius 3 is 2.42 bits per heavy atom. The molecule has 0 bridgehead atoms. The maximum atomic E-state index is 12.2. The molecule has 5 heteroatoms. The molecule has 3 N–H and O–H groups in total. The van der Waals surface area contributed by atoms with E-state index in [0.717, 1.165) is 19.3 Å². The molecule has 1 aliphatic rings. The lowest BCUT2D eigenvalue weighted by molar-refractivity contribution is -0.114. The van der Waals surface area contributed by atoms with E-state index in [-0.39, 0.29) is 18.0 Å². The van der Waals surface area contributed by atoms with E-state index in [2.05, 4.69) is 34.1 Å². The zero-order chi connectivity index (χ0) is 16.9. The van der Waals surface area contributed by atoms with Crippen molar-refractivity contribution in [1.82, 2.24) is 5.32 Å². The zero-order valence-corrected chi connectivity index (χ0v) is 13.6. The summed E-state index contributed by atoms with van der Waals surface area (Å²) in [5.41, 5.74) is 3.99. The third kappa shape index (κ3) is 4.13. The summed E-state index contributed by atoms with van der Waals surface area (Å²) >= 11 is 0. The number of urea groups is 1. The SMILES string of the molecule is CC(=O)Nc1cccc(NC(=O)N[C@@H]2CCc3ccccc3C2)c1. The van der Waals surface area contributed by atoms with Crippen LogP contribution in [0.1, 0.15) is 24.5 Å². The van der Waals surface area contributed by atoms with E-state index in [9.17, 15) is 9.59 Å². The standard InChI is InChI=1S/C19H21N3O2/c1-13(23)20-16-7-4-8-17(12-16)21-19(24)22-18-10-9-14-5-2-3-6-15(14)11-18/h2-8,12,18H,9-11H2,1H3,(H,20,23)(H2,21,22,24)/t18-/m1/s1. The second kappa shape index (κ2) is 7.17. The predicted octanol–water partition coefficient (Wildman–Crippen LogP) is 3.32. The molecule has 5 nitrogen and oxygen atoms in total. The van der Waals surface area contributed by atoms with Gasteiger partial charge in [-0.2, -0.15) is 0 Å². The van der Waals surface area contributed by atoms with Crippen molar-refractivity contribution in [3.8, 4) is 0 Å². The van der Waals surface area contributed by atoms with Crippen molar-refractivity contribution in [1.29, 1.82) is 0 Å². The molecule has 0 saturated heterocycles. The number of amides is 3. The molecule has 0 saturated carbocycles. The first-order chi connectivity index (χ1) is 11.6. The lowest BCUT2D eigenvalue weighted by Crippen LogP contribution is -2.41. The van der Waals surface area contributed by atoms with E-state index >= 15 is 0 Å². The highest BCUT2D eigenvalue weighted by atomic mass is 16.2. The first-order valence-electron chi connectivity index (χ1n) is 8.12. The molecule has 124 valence electrons. The molecule has 0 aromatic heterocycles. The van der Waals surface area contributed by atoms with Gasteiger partial charge in [-0.3, -0.25) is 4.79 Å². The molecular formula is C19H21N3O2. The number of rotatable bonds is 3. The quantitative estimate of drug-likeness (QED) is 0.811. The van der Waals surface area contributed by atoms with E-state index in [0.29, 0.717) is 11.4 Å². The molecular weight excluding hydrogens is 302 g/mol. The number of carbonyl (C=O) groups excluding carboxylic acids is 2. The summed E-state index contributed by atoms with van der Waals surface area (Å²) in [7, 11) is 0. The van der Waals surface area contributed by atoms with Crippen molar-refractivity contribution in [2.75, 3.05) is 10.6 Å². The van der Waals surface area contributed by atoms with Gasteiger partial charge in [-0.15, -0.1) is 0 Å². The first-order valence-corrected chi connectivity index (χ1v) is 8.12. The number of anilines is 2. The van der Waals surface area contributed by atoms with Gasteiger partial charge in [0.2, 0.25) is 5.91 Å². The molecule has 3 rings (SSSR count). The van der Waals surface area contributed by atoms with E-state index in [4.69, 9.17) is 0 Å². The van der Waals surface area contributed by atoms with Crippen LogP contribution in [0.2, 0.25) is 0 Å². The van der Waals surface area contributed by atoms with E-state index in [1.807, 2.05) is 6.07 Å². The van der Waals surface area contributed by atoms with Crippen molar-refractivity contribution in [3.05, 3.63) is 59.7 Å². The third-order valence-electron chi connectivity index (χ3n) is 4.12. The van der Waals surface area contributed by atoms with Crippen LogP contribution in [0.25, 0.3) is 0 Å². The van der Waals surface area contributed by atoms with Gasteiger partial charge in [0.05, 0.1) is 0 Å². The van der Waals surface area contributed by atoms with Crippen molar-refractivity contribution in [2.45, 2.75) is 32.2 Å². The minimum absolute atomic E-state index is 0.137.